The summed E-state index contributed by atoms with van der Waals surface area (Å²) in [7, 11) is -3.49. The van der Waals surface area contributed by atoms with E-state index < -0.39 is 10.0 Å². The van der Waals surface area contributed by atoms with Crippen LogP contribution in [0.2, 0.25) is 0 Å². The highest BCUT2D eigenvalue weighted by molar-refractivity contribution is 7.89. The highest BCUT2D eigenvalue weighted by Crippen LogP contribution is 2.19. The summed E-state index contributed by atoms with van der Waals surface area (Å²) in [6, 6.07) is 14.3. The van der Waals surface area contributed by atoms with Gasteiger partial charge in [0, 0.05) is 26.2 Å². The van der Waals surface area contributed by atoms with Crippen molar-refractivity contribution in [3.63, 3.8) is 0 Å². The van der Waals surface area contributed by atoms with E-state index >= 15 is 0 Å². The Morgan fingerprint density at radius 1 is 0.879 bits per heavy atom. The van der Waals surface area contributed by atoms with Gasteiger partial charge in [-0.3, -0.25) is 4.90 Å². The smallest absolute Gasteiger partial charge is 0.315 e. The Morgan fingerprint density at radius 2 is 1.45 bits per heavy atom. The van der Waals surface area contributed by atoms with Crippen molar-refractivity contribution >= 4 is 16.1 Å². The molecule has 0 aliphatic rings. The monoisotopic (exact) mass is 474 g/mol. The highest BCUT2D eigenvalue weighted by Gasteiger charge is 2.21. The summed E-state index contributed by atoms with van der Waals surface area (Å²) in [6.45, 7) is 13.9. The van der Waals surface area contributed by atoms with Crippen LogP contribution in [-0.2, 0) is 23.1 Å². The molecule has 2 N–H and O–H groups in total. The fourth-order valence-electron chi connectivity index (χ4n) is 3.72. The molecule has 7 nitrogen and oxygen atoms in total. The minimum Gasteiger partial charge on any atom is -0.334 e. The number of hydrogen-bond donors (Lipinski definition) is 2. The number of hydrogen-bond acceptors (Lipinski definition) is 4. The van der Waals surface area contributed by atoms with Crippen LogP contribution in [0.25, 0.3) is 0 Å². The molecule has 0 bridgehead atoms. The molecule has 33 heavy (non-hydrogen) atoms. The summed E-state index contributed by atoms with van der Waals surface area (Å²) in [5.41, 5.74) is 3.14. The van der Waals surface area contributed by atoms with Gasteiger partial charge in [-0.2, -0.15) is 4.31 Å². The number of carbonyl (C=O) groups excluding carboxylic acids is 1. The van der Waals surface area contributed by atoms with Gasteiger partial charge in [0.15, 0.2) is 0 Å². The quantitative estimate of drug-likeness (QED) is 0.485. The van der Waals surface area contributed by atoms with Crippen molar-refractivity contribution in [3.05, 3.63) is 65.2 Å². The molecule has 0 aliphatic carbocycles. The van der Waals surface area contributed by atoms with Crippen LogP contribution in [0.1, 0.15) is 57.4 Å². The van der Waals surface area contributed by atoms with Crippen molar-refractivity contribution in [1.82, 2.24) is 19.8 Å². The number of nitrogens with zero attached hydrogens (tertiary/aromatic N) is 2. The molecule has 8 heteroatoms. The maximum absolute atomic E-state index is 12.6. The van der Waals surface area contributed by atoms with Gasteiger partial charge in [-0.25, -0.2) is 13.2 Å². The van der Waals surface area contributed by atoms with E-state index in [1.807, 2.05) is 39.0 Å². The Bertz CT molecular complexity index is 985. The fraction of sp³-hybridized carbons (Fsp3) is 0.480. The lowest BCUT2D eigenvalue weighted by atomic mass is 10.1. The first-order chi connectivity index (χ1) is 15.8. The zero-order chi connectivity index (χ0) is 24.4. The molecule has 2 amide bonds. The Balaban J connectivity index is 1.98. The minimum absolute atomic E-state index is 0.261. The average Bonchev–Trinajstić information content (AvgIpc) is 2.82. The van der Waals surface area contributed by atoms with Gasteiger partial charge in [-0.05, 0) is 48.8 Å². The van der Waals surface area contributed by atoms with Gasteiger partial charge >= 0.3 is 6.03 Å². The third-order valence-corrected chi connectivity index (χ3v) is 7.98. The molecule has 0 aliphatic heterocycles. The lowest BCUT2D eigenvalue weighted by molar-refractivity contribution is 0.237. The van der Waals surface area contributed by atoms with E-state index in [1.165, 1.54) is 9.87 Å². The van der Waals surface area contributed by atoms with E-state index in [4.69, 9.17) is 0 Å². The van der Waals surface area contributed by atoms with Crippen molar-refractivity contribution in [2.45, 2.75) is 58.6 Å². The second-order valence-electron chi connectivity index (χ2n) is 7.94. The molecule has 182 valence electrons. The number of sulfonamides is 1. The largest absolute Gasteiger partial charge is 0.334 e. The summed E-state index contributed by atoms with van der Waals surface area (Å²) in [6.07, 6.45) is 0. The molecule has 0 spiro atoms. The normalized spacial score (nSPS) is 12.7. The molecule has 1 unspecified atom stereocenters. The van der Waals surface area contributed by atoms with Crippen LogP contribution >= 0.6 is 0 Å². The lowest BCUT2D eigenvalue weighted by Crippen LogP contribution is -2.37. The number of urea groups is 1. The van der Waals surface area contributed by atoms with E-state index in [-0.39, 0.29) is 17.0 Å². The highest BCUT2D eigenvalue weighted by atomic mass is 32.2. The van der Waals surface area contributed by atoms with E-state index in [9.17, 15) is 13.2 Å². The van der Waals surface area contributed by atoms with Gasteiger partial charge in [-0.1, -0.05) is 64.1 Å². The molecule has 0 heterocycles. The van der Waals surface area contributed by atoms with Crippen molar-refractivity contribution in [2.75, 3.05) is 26.2 Å². The zero-order valence-corrected chi connectivity index (χ0v) is 21.3. The van der Waals surface area contributed by atoms with Crippen molar-refractivity contribution in [1.29, 1.82) is 0 Å². The van der Waals surface area contributed by atoms with E-state index in [0.717, 1.165) is 30.8 Å². The zero-order valence-electron chi connectivity index (χ0n) is 20.5. The number of amides is 2. The van der Waals surface area contributed by atoms with Crippen LogP contribution in [0, 0.1) is 0 Å². The van der Waals surface area contributed by atoms with Gasteiger partial charge in [0.1, 0.15) is 0 Å². The molecule has 0 aromatic heterocycles. The molecular formula is C25H38N4O3S. The first kappa shape index (κ1) is 26.8. The third-order valence-electron chi connectivity index (χ3n) is 5.92. The van der Waals surface area contributed by atoms with Crippen LogP contribution < -0.4 is 10.6 Å². The summed E-state index contributed by atoms with van der Waals surface area (Å²) in [4.78, 5) is 15.1. The lowest BCUT2D eigenvalue weighted by Gasteiger charge is -2.21. The molecule has 2 rings (SSSR count). The average molecular weight is 475 g/mol. The first-order valence-corrected chi connectivity index (χ1v) is 13.1. The van der Waals surface area contributed by atoms with Crippen LogP contribution in [0.5, 0.6) is 0 Å². The van der Waals surface area contributed by atoms with Crippen molar-refractivity contribution < 1.29 is 13.2 Å². The second kappa shape index (κ2) is 12.7. The SMILES string of the molecule is CCN(CC)Cc1ccccc1CNC(=O)NC(C)c1ccc(S(=O)(=O)N(CC)CC)cc1. The molecule has 2 aromatic carbocycles. The Morgan fingerprint density at radius 3 is 2.00 bits per heavy atom. The van der Waals surface area contributed by atoms with Crippen molar-refractivity contribution in [2.24, 2.45) is 0 Å². The summed E-state index contributed by atoms with van der Waals surface area (Å²) in [5.74, 6) is 0. The van der Waals surface area contributed by atoms with Gasteiger partial charge in [0.2, 0.25) is 10.0 Å². The Hall–Kier alpha value is -2.42. The number of carbonyl (C=O) groups is 1. The molecule has 0 radical (unpaired) electrons. The molecule has 0 saturated carbocycles. The molecule has 0 fully saturated rings. The van der Waals surface area contributed by atoms with Crippen LogP contribution in [0.4, 0.5) is 4.79 Å². The maximum atomic E-state index is 12.6. The summed E-state index contributed by atoms with van der Waals surface area (Å²) in [5, 5.41) is 5.88. The third kappa shape index (κ3) is 7.28. The van der Waals surface area contributed by atoms with E-state index in [2.05, 4.69) is 35.4 Å². The van der Waals surface area contributed by atoms with Crippen LogP contribution in [0.15, 0.2) is 53.4 Å². The fourth-order valence-corrected chi connectivity index (χ4v) is 5.18. The maximum Gasteiger partial charge on any atom is 0.315 e. The van der Waals surface area contributed by atoms with Crippen LogP contribution in [0.3, 0.4) is 0 Å². The molecule has 2 aromatic rings. The van der Waals surface area contributed by atoms with Crippen LogP contribution in [-0.4, -0.2) is 49.8 Å². The number of rotatable bonds is 12. The number of benzene rings is 2. The van der Waals surface area contributed by atoms with E-state index in [1.54, 1.807) is 24.3 Å². The van der Waals surface area contributed by atoms with E-state index in [0.29, 0.717) is 19.6 Å². The second-order valence-corrected chi connectivity index (χ2v) is 9.88. The van der Waals surface area contributed by atoms with Gasteiger partial charge in [0.05, 0.1) is 10.9 Å². The molecular weight excluding hydrogens is 436 g/mol. The summed E-state index contributed by atoms with van der Waals surface area (Å²) >= 11 is 0. The Kier molecular flexibility index (Phi) is 10.3. The predicted octanol–water partition coefficient (Wildman–Crippen LogP) is 4.12. The summed E-state index contributed by atoms with van der Waals surface area (Å²) < 4.78 is 26.7. The van der Waals surface area contributed by atoms with Gasteiger partial charge in [0.25, 0.3) is 0 Å². The van der Waals surface area contributed by atoms with Gasteiger partial charge in [-0.15, -0.1) is 0 Å². The van der Waals surface area contributed by atoms with Gasteiger partial charge < -0.3 is 10.6 Å². The predicted molar refractivity (Wildman–Crippen MR) is 133 cm³/mol. The topological polar surface area (TPSA) is 81.8 Å². The number of nitrogens with one attached hydrogen (secondary N) is 2. The molecule has 0 saturated heterocycles. The standard InChI is InChI=1S/C25H38N4O3S/c1-6-28(7-2)19-23-13-11-10-12-22(23)18-26-25(30)27-20(5)21-14-16-24(17-15-21)33(31,32)29(8-3)9-4/h10-17,20H,6-9,18-19H2,1-5H3,(H2,26,27,30). The molecule has 1 atom stereocenters. The van der Waals surface area contributed by atoms with Crippen molar-refractivity contribution in [3.8, 4) is 0 Å². The Labute approximate surface area is 199 Å². The minimum atomic E-state index is -3.49. The first-order valence-electron chi connectivity index (χ1n) is 11.7.